The van der Waals surface area contributed by atoms with Crippen molar-refractivity contribution in [2.45, 2.75) is 33.3 Å². The standard InChI is InChI=1S/C28H26ClFN2OS/c1-5-34-21-11-7-6-10-19(15-21)20-13-14-24(23(30)16-20)32-17-25(28(3,4)33)31-27(32)26-18(2)9-8-12-22(26)29/h6-9,11-17,33H,5H2,1-4H3. The molecule has 1 N–H and O–H groups in total. The summed E-state index contributed by atoms with van der Waals surface area (Å²) in [4.78, 5) is 5.77. The van der Waals surface area contributed by atoms with Crippen LogP contribution in [0.3, 0.4) is 0 Å². The van der Waals surface area contributed by atoms with E-state index in [0.717, 1.165) is 27.4 Å². The zero-order valence-corrected chi connectivity index (χ0v) is 21.1. The summed E-state index contributed by atoms with van der Waals surface area (Å²) in [6.07, 6.45) is 9.49. The Morgan fingerprint density at radius 3 is 2.71 bits per heavy atom. The van der Waals surface area contributed by atoms with Crippen LogP contribution in [0.15, 0.2) is 77.5 Å². The van der Waals surface area contributed by atoms with Gasteiger partial charge in [0.2, 0.25) is 0 Å². The maximum atomic E-state index is 15.6. The van der Waals surface area contributed by atoms with E-state index in [1.54, 1.807) is 48.5 Å². The molecule has 174 valence electrons. The van der Waals surface area contributed by atoms with Crippen molar-refractivity contribution < 1.29 is 9.50 Å². The second-order valence-electron chi connectivity index (χ2n) is 8.54. The van der Waals surface area contributed by atoms with Crippen molar-refractivity contribution >= 4 is 28.9 Å². The first kappa shape index (κ1) is 24.3. The fourth-order valence-corrected chi connectivity index (χ4v) is 4.77. The molecule has 0 aliphatic heterocycles. The lowest BCUT2D eigenvalue weighted by atomic mass is 10.0. The Balaban J connectivity index is 1.85. The summed E-state index contributed by atoms with van der Waals surface area (Å²) >= 11 is 8.26. The molecule has 0 bridgehead atoms. The van der Waals surface area contributed by atoms with Crippen LogP contribution in [0.25, 0.3) is 22.6 Å². The highest BCUT2D eigenvalue weighted by molar-refractivity contribution is 8.03. The molecule has 0 saturated heterocycles. The van der Waals surface area contributed by atoms with E-state index in [1.807, 2.05) is 49.4 Å². The van der Waals surface area contributed by atoms with Gasteiger partial charge in [0.1, 0.15) is 17.2 Å². The normalized spacial score (nSPS) is 13.6. The van der Waals surface area contributed by atoms with Crippen LogP contribution in [0.5, 0.6) is 0 Å². The number of aryl methyl sites for hydroxylation is 1. The number of rotatable bonds is 6. The number of hydrogen-bond acceptors (Lipinski definition) is 3. The maximum Gasteiger partial charge on any atom is 0.147 e. The summed E-state index contributed by atoms with van der Waals surface area (Å²) < 4.78 is 17.3. The minimum atomic E-state index is -1.20. The van der Waals surface area contributed by atoms with Crippen LogP contribution in [0.1, 0.15) is 37.6 Å². The molecule has 3 nitrogen and oxygen atoms in total. The smallest absolute Gasteiger partial charge is 0.147 e. The Hall–Kier alpha value is -2.82. The van der Waals surface area contributed by atoms with E-state index in [2.05, 4.69) is 17.6 Å². The molecular weight excluding hydrogens is 467 g/mol. The van der Waals surface area contributed by atoms with E-state index < -0.39 is 11.4 Å². The number of nitrogens with zero attached hydrogens (tertiary/aromatic N) is 2. The van der Waals surface area contributed by atoms with Crippen molar-refractivity contribution in [3.63, 3.8) is 0 Å². The SMILES string of the molecule is CCSC1=CC(c2ccc(-n3cc(C(C)(C)O)nc3-c3c(C)cccc3Cl)c(F)c2)=C=CC=C1. The maximum absolute atomic E-state index is 15.6. The summed E-state index contributed by atoms with van der Waals surface area (Å²) in [6.45, 7) is 7.33. The van der Waals surface area contributed by atoms with Gasteiger partial charge in [-0.3, -0.25) is 4.57 Å². The van der Waals surface area contributed by atoms with Gasteiger partial charge in [-0.2, -0.15) is 0 Å². The molecule has 0 atom stereocenters. The van der Waals surface area contributed by atoms with Gasteiger partial charge in [0, 0.05) is 22.2 Å². The van der Waals surface area contributed by atoms with Gasteiger partial charge in [-0.1, -0.05) is 42.8 Å². The van der Waals surface area contributed by atoms with E-state index in [4.69, 9.17) is 11.6 Å². The Morgan fingerprint density at radius 1 is 1.24 bits per heavy atom. The molecule has 0 unspecified atom stereocenters. The lowest BCUT2D eigenvalue weighted by Crippen LogP contribution is -2.15. The molecule has 6 heteroatoms. The highest BCUT2D eigenvalue weighted by Gasteiger charge is 2.25. The fraction of sp³-hybridized carbons (Fsp3) is 0.214. The monoisotopic (exact) mass is 492 g/mol. The van der Waals surface area contributed by atoms with Crippen LogP contribution < -0.4 is 0 Å². The highest BCUT2D eigenvalue weighted by Crippen LogP contribution is 2.35. The molecule has 0 radical (unpaired) electrons. The summed E-state index contributed by atoms with van der Waals surface area (Å²) in [5, 5.41) is 11.1. The Kier molecular flexibility index (Phi) is 7.01. The minimum Gasteiger partial charge on any atom is -0.384 e. The Labute approximate surface area is 209 Å². The van der Waals surface area contributed by atoms with E-state index >= 15 is 4.39 Å². The van der Waals surface area contributed by atoms with E-state index in [1.165, 1.54) is 6.07 Å². The van der Waals surface area contributed by atoms with Crippen LogP contribution in [-0.4, -0.2) is 20.4 Å². The van der Waals surface area contributed by atoms with Crippen LogP contribution in [0.2, 0.25) is 5.02 Å². The van der Waals surface area contributed by atoms with Gasteiger partial charge < -0.3 is 5.11 Å². The molecule has 0 saturated carbocycles. The van der Waals surface area contributed by atoms with Gasteiger partial charge in [0.25, 0.3) is 0 Å². The van der Waals surface area contributed by atoms with E-state index in [-0.39, 0.29) is 0 Å². The minimum absolute atomic E-state index is 0.324. The molecule has 2 aromatic carbocycles. The molecule has 4 rings (SSSR count). The first-order valence-electron chi connectivity index (χ1n) is 11.0. The lowest BCUT2D eigenvalue weighted by Gasteiger charge is -2.13. The molecule has 34 heavy (non-hydrogen) atoms. The molecule has 1 aliphatic carbocycles. The number of aromatic nitrogens is 2. The van der Waals surface area contributed by atoms with Crippen LogP contribution in [0, 0.1) is 12.7 Å². The zero-order valence-electron chi connectivity index (χ0n) is 19.6. The van der Waals surface area contributed by atoms with Crippen LogP contribution >= 0.6 is 23.4 Å². The number of thioether (sulfide) groups is 1. The summed E-state index contributed by atoms with van der Waals surface area (Å²) in [6, 6.07) is 10.7. The molecule has 0 amide bonds. The summed E-state index contributed by atoms with van der Waals surface area (Å²) in [5.41, 5.74) is 5.93. The second kappa shape index (κ2) is 9.81. The average molecular weight is 493 g/mol. The van der Waals surface area contributed by atoms with Crippen molar-refractivity contribution in [3.05, 3.63) is 105 Å². The van der Waals surface area contributed by atoms with Gasteiger partial charge in [0.05, 0.1) is 16.4 Å². The number of imidazole rings is 1. The molecule has 0 fully saturated rings. The van der Waals surface area contributed by atoms with Gasteiger partial charge in [-0.25, -0.2) is 9.37 Å². The molecule has 1 heterocycles. The fourth-order valence-electron chi connectivity index (χ4n) is 3.76. The Bertz CT molecular complexity index is 1350. The van der Waals surface area contributed by atoms with Crippen molar-refractivity contribution in [2.24, 2.45) is 0 Å². The van der Waals surface area contributed by atoms with Crippen LogP contribution in [-0.2, 0) is 5.60 Å². The molecule has 1 aromatic heterocycles. The van der Waals surface area contributed by atoms with Crippen molar-refractivity contribution in [1.29, 1.82) is 0 Å². The number of hydrogen-bond donors (Lipinski definition) is 1. The van der Waals surface area contributed by atoms with Gasteiger partial charge in [-0.15, -0.1) is 17.5 Å². The topological polar surface area (TPSA) is 38.0 Å². The van der Waals surface area contributed by atoms with Gasteiger partial charge in [0.15, 0.2) is 0 Å². The predicted octanol–water partition coefficient (Wildman–Crippen LogP) is 7.61. The highest BCUT2D eigenvalue weighted by atomic mass is 35.5. The summed E-state index contributed by atoms with van der Waals surface area (Å²) in [7, 11) is 0. The third-order valence-corrected chi connectivity index (χ3v) is 6.68. The lowest BCUT2D eigenvalue weighted by molar-refractivity contribution is 0.0743. The van der Waals surface area contributed by atoms with Crippen molar-refractivity contribution in [2.75, 3.05) is 5.75 Å². The van der Waals surface area contributed by atoms with E-state index in [0.29, 0.717) is 27.8 Å². The number of allylic oxidation sites excluding steroid dienone is 4. The molecule has 3 aromatic rings. The van der Waals surface area contributed by atoms with E-state index in [9.17, 15) is 5.11 Å². The Morgan fingerprint density at radius 2 is 2.03 bits per heavy atom. The van der Waals surface area contributed by atoms with Gasteiger partial charge in [-0.05, 0) is 74.1 Å². The zero-order chi connectivity index (χ0) is 24.5. The number of aliphatic hydroxyl groups is 1. The number of benzene rings is 2. The van der Waals surface area contributed by atoms with Gasteiger partial charge >= 0.3 is 0 Å². The molecule has 1 aliphatic rings. The first-order valence-corrected chi connectivity index (χ1v) is 12.4. The van der Waals surface area contributed by atoms with Crippen molar-refractivity contribution in [3.8, 4) is 17.1 Å². The molecular formula is C28H26ClFN2OS. The average Bonchev–Trinajstić information content (AvgIpc) is 3.07. The largest absolute Gasteiger partial charge is 0.384 e. The van der Waals surface area contributed by atoms with Crippen LogP contribution in [0.4, 0.5) is 4.39 Å². The second-order valence-corrected chi connectivity index (χ2v) is 10.3. The number of halogens is 2. The molecule has 0 spiro atoms. The third kappa shape index (κ3) is 4.98. The summed E-state index contributed by atoms with van der Waals surface area (Å²) in [5.74, 6) is 1.02. The van der Waals surface area contributed by atoms with Crippen molar-refractivity contribution in [1.82, 2.24) is 9.55 Å². The predicted molar refractivity (Wildman–Crippen MR) is 141 cm³/mol. The first-order chi connectivity index (χ1) is 16.2. The third-order valence-electron chi connectivity index (χ3n) is 5.49. The quantitative estimate of drug-likeness (QED) is 0.360.